The van der Waals surface area contributed by atoms with Crippen molar-refractivity contribution in [2.75, 3.05) is 31.6 Å². The number of halogens is 5. The molecule has 1 aliphatic rings. The van der Waals surface area contributed by atoms with Crippen molar-refractivity contribution in [3.63, 3.8) is 0 Å². The van der Waals surface area contributed by atoms with E-state index in [1.807, 2.05) is 31.4 Å². The topological polar surface area (TPSA) is 59.4 Å². The number of alkyl halides is 5. The van der Waals surface area contributed by atoms with Gasteiger partial charge in [0, 0.05) is 31.8 Å². The lowest BCUT2D eigenvalue weighted by atomic mass is 9.89. The average molecular weight is 601 g/mol. The number of hydrogen-bond acceptors (Lipinski definition) is 4. The van der Waals surface area contributed by atoms with E-state index in [2.05, 4.69) is 16.0 Å². The molecule has 1 unspecified atom stereocenters. The van der Waals surface area contributed by atoms with Gasteiger partial charge in [0.1, 0.15) is 17.3 Å². The molecule has 1 atom stereocenters. The number of fused-ring (bicyclic) bond motifs is 1. The van der Waals surface area contributed by atoms with Crippen LogP contribution in [0.4, 0.5) is 22.0 Å². The summed E-state index contributed by atoms with van der Waals surface area (Å²) in [7, 11) is 1.98. The molecule has 1 N–H and O–H groups in total. The van der Waals surface area contributed by atoms with Crippen LogP contribution in [0.25, 0.3) is 11.1 Å². The van der Waals surface area contributed by atoms with Gasteiger partial charge in [-0.05, 0) is 105 Å². The summed E-state index contributed by atoms with van der Waals surface area (Å²) < 4.78 is 74.6. The normalized spacial score (nSPS) is 15.2. The standard InChI is InChI=1S/C31H41F5N2O2S/c1-38(19-9-21-41(40)20-8-16-30(32,33)31(34,35)36)18-5-3-2-4-12-29-27(25-11-7-17-37-23-25)13-6-10-24-22-26(39)14-15-28(24)29/h7,11,14-15,17,22-23,39H,2-6,8-10,12-13,16,18-21H2,1H3. The molecule has 0 radical (unpaired) electrons. The zero-order valence-corrected chi connectivity index (χ0v) is 24.5. The summed E-state index contributed by atoms with van der Waals surface area (Å²) in [5, 5.41) is 10.0. The summed E-state index contributed by atoms with van der Waals surface area (Å²) in [6.07, 6.45) is 5.16. The molecule has 0 amide bonds. The Kier molecular flexibility index (Phi) is 12.9. The van der Waals surface area contributed by atoms with E-state index in [0.717, 1.165) is 63.5 Å². The zero-order chi connectivity index (χ0) is 29.9. The molecule has 3 rings (SSSR count). The van der Waals surface area contributed by atoms with E-state index in [0.29, 0.717) is 24.5 Å². The summed E-state index contributed by atoms with van der Waals surface area (Å²) in [4.78, 5) is 6.48. The predicted molar refractivity (Wildman–Crippen MR) is 155 cm³/mol. The number of aromatic nitrogens is 1. The van der Waals surface area contributed by atoms with Crippen LogP contribution >= 0.6 is 0 Å². The molecule has 0 saturated heterocycles. The van der Waals surface area contributed by atoms with Gasteiger partial charge in [0.15, 0.2) is 0 Å². The lowest BCUT2D eigenvalue weighted by Gasteiger charge is -2.20. The van der Waals surface area contributed by atoms with Crippen LogP contribution in [0.1, 0.15) is 80.9 Å². The number of phenols is 1. The third-order valence-electron chi connectivity index (χ3n) is 7.57. The van der Waals surface area contributed by atoms with Crippen molar-refractivity contribution >= 4 is 22.3 Å². The number of aryl methyl sites for hydroxylation is 1. The zero-order valence-electron chi connectivity index (χ0n) is 23.7. The molecule has 0 fully saturated rings. The van der Waals surface area contributed by atoms with Crippen molar-refractivity contribution in [2.24, 2.45) is 0 Å². The van der Waals surface area contributed by atoms with Crippen molar-refractivity contribution in [3.8, 4) is 5.75 Å². The molecule has 41 heavy (non-hydrogen) atoms. The van der Waals surface area contributed by atoms with Crippen LogP contribution < -0.4 is 0 Å². The number of aromatic hydroxyl groups is 1. The minimum absolute atomic E-state index is 0.139. The first kappa shape index (κ1) is 33.3. The van der Waals surface area contributed by atoms with Gasteiger partial charge in [0.2, 0.25) is 0 Å². The highest BCUT2D eigenvalue weighted by Gasteiger charge is 2.56. The molecule has 1 aromatic carbocycles. The second kappa shape index (κ2) is 15.9. The molecule has 0 spiro atoms. The maximum absolute atomic E-state index is 13.0. The van der Waals surface area contributed by atoms with Gasteiger partial charge in [-0.2, -0.15) is 22.0 Å². The third-order valence-corrected chi connectivity index (χ3v) is 9.06. The maximum Gasteiger partial charge on any atom is 0.453 e. The quantitative estimate of drug-likeness (QED) is 0.120. The van der Waals surface area contributed by atoms with Crippen LogP contribution in [0.15, 0.2) is 42.7 Å². The number of pyridine rings is 1. The molecule has 1 aliphatic carbocycles. The van der Waals surface area contributed by atoms with E-state index in [1.165, 1.54) is 22.3 Å². The van der Waals surface area contributed by atoms with E-state index in [-0.39, 0.29) is 5.75 Å². The van der Waals surface area contributed by atoms with Gasteiger partial charge in [-0.25, -0.2) is 0 Å². The van der Waals surface area contributed by atoms with Crippen LogP contribution in [0.2, 0.25) is 0 Å². The number of allylic oxidation sites excluding steroid dienone is 2. The molecule has 0 saturated carbocycles. The minimum atomic E-state index is -5.55. The van der Waals surface area contributed by atoms with Gasteiger partial charge in [0.25, 0.3) is 0 Å². The molecule has 2 aromatic rings. The van der Waals surface area contributed by atoms with Crippen molar-refractivity contribution in [1.29, 1.82) is 0 Å². The van der Waals surface area contributed by atoms with Crippen molar-refractivity contribution < 1.29 is 31.6 Å². The van der Waals surface area contributed by atoms with E-state index in [4.69, 9.17) is 0 Å². The third kappa shape index (κ3) is 10.6. The van der Waals surface area contributed by atoms with Crippen molar-refractivity contribution in [1.82, 2.24) is 9.88 Å². The van der Waals surface area contributed by atoms with Gasteiger partial charge >= 0.3 is 12.1 Å². The fourth-order valence-corrected chi connectivity index (χ4v) is 6.46. The van der Waals surface area contributed by atoms with Gasteiger partial charge in [-0.1, -0.05) is 36.2 Å². The Hall–Kier alpha value is -2.17. The molecule has 228 valence electrons. The van der Waals surface area contributed by atoms with Crippen molar-refractivity contribution in [3.05, 3.63) is 59.4 Å². The highest BCUT2D eigenvalue weighted by molar-refractivity contribution is 7.91. The summed E-state index contributed by atoms with van der Waals surface area (Å²) in [5.41, 5.74) is 6.27. The van der Waals surface area contributed by atoms with E-state index in [1.54, 1.807) is 12.3 Å². The molecule has 0 bridgehead atoms. The lowest BCUT2D eigenvalue weighted by molar-refractivity contribution is -0.284. The number of phenolic OH excluding ortho intramolecular Hbond substituents is 1. The first-order chi connectivity index (χ1) is 19.5. The molecular weight excluding hydrogens is 559 g/mol. The van der Waals surface area contributed by atoms with Crippen LogP contribution in [-0.4, -0.2) is 63.3 Å². The Morgan fingerprint density at radius 3 is 2.41 bits per heavy atom. The largest absolute Gasteiger partial charge is 0.616 e. The highest BCUT2D eigenvalue weighted by Crippen LogP contribution is 2.40. The van der Waals surface area contributed by atoms with Crippen LogP contribution in [0, 0.1) is 0 Å². The molecular formula is C31H41F5N2O2S. The van der Waals surface area contributed by atoms with E-state index in [9.17, 15) is 31.6 Å². The van der Waals surface area contributed by atoms with Crippen LogP contribution in [0.5, 0.6) is 5.75 Å². The predicted octanol–water partition coefficient (Wildman–Crippen LogP) is 8.03. The Bertz CT molecular complexity index is 1110. The second-order valence-corrected chi connectivity index (χ2v) is 12.6. The Morgan fingerprint density at radius 2 is 1.68 bits per heavy atom. The number of rotatable bonds is 16. The molecule has 0 aliphatic heterocycles. The summed E-state index contributed by atoms with van der Waals surface area (Å²) in [6, 6.07) is 9.78. The fraction of sp³-hybridized carbons (Fsp3) is 0.581. The summed E-state index contributed by atoms with van der Waals surface area (Å²) >= 11 is -1.40. The summed E-state index contributed by atoms with van der Waals surface area (Å²) in [6.45, 7) is 1.59. The first-order valence-corrected chi connectivity index (χ1v) is 15.9. The highest BCUT2D eigenvalue weighted by atomic mass is 32.2. The molecule has 10 heteroatoms. The Labute approximate surface area is 243 Å². The van der Waals surface area contributed by atoms with Gasteiger partial charge in [0.05, 0.1) is 0 Å². The first-order valence-electron chi connectivity index (χ1n) is 14.4. The summed E-state index contributed by atoms with van der Waals surface area (Å²) in [5.74, 6) is -4.26. The maximum atomic E-state index is 13.0. The number of unbranched alkanes of at least 4 members (excludes halogenated alkanes) is 3. The average Bonchev–Trinajstić information content (AvgIpc) is 3.09. The van der Waals surface area contributed by atoms with Crippen molar-refractivity contribution in [2.45, 2.75) is 82.7 Å². The smallest absolute Gasteiger partial charge is 0.453 e. The van der Waals surface area contributed by atoms with Crippen LogP contribution in [0.3, 0.4) is 0 Å². The van der Waals surface area contributed by atoms with Gasteiger partial charge in [-0.15, -0.1) is 0 Å². The fourth-order valence-electron chi connectivity index (χ4n) is 5.34. The number of hydrogen-bond donors (Lipinski definition) is 1. The Morgan fingerprint density at radius 1 is 0.951 bits per heavy atom. The molecule has 4 nitrogen and oxygen atoms in total. The SMILES string of the molecule is CN(CCCCCCC1=C(c2cccnc2)CCCc2cc(O)ccc21)CCC[S+]([O-])CCCC(F)(F)C(F)(F)F. The monoisotopic (exact) mass is 600 g/mol. The number of benzene rings is 1. The van der Waals surface area contributed by atoms with E-state index >= 15 is 0 Å². The molecule has 1 heterocycles. The lowest BCUT2D eigenvalue weighted by Crippen LogP contribution is -2.36. The van der Waals surface area contributed by atoms with Gasteiger partial charge in [-0.3, -0.25) is 4.98 Å². The second-order valence-electron chi connectivity index (χ2n) is 10.9. The van der Waals surface area contributed by atoms with Gasteiger partial charge < -0.3 is 14.6 Å². The molecule has 1 aromatic heterocycles. The Balaban J connectivity index is 1.38. The minimum Gasteiger partial charge on any atom is -0.616 e. The van der Waals surface area contributed by atoms with Crippen LogP contribution in [-0.2, 0) is 17.6 Å². The number of nitrogens with zero attached hydrogens (tertiary/aromatic N) is 2. The van der Waals surface area contributed by atoms with E-state index < -0.39 is 36.1 Å².